The molecule has 1 aromatic carbocycles. The van der Waals surface area contributed by atoms with E-state index in [4.69, 9.17) is 0 Å². The van der Waals surface area contributed by atoms with Crippen molar-refractivity contribution in [3.05, 3.63) is 71.9 Å². The van der Waals surface area contributed by atoms with Gasteiger partial charge in [-0.25, -0.2) is 9.37 Å². The van der Waals surface area contributed by atoms with Gasteiger partial charge in [0.25, 0.3) is 0 Å². The molecule has 0 spiro atoms. The molecular formula is C19H21FN4O. The molecule has 130 valence electrons. The molecule has 25 heavy (non-hydrogen) atoms. The Labute approximate surface area is 146 Å². The molecule has 2 aromatic heterocycles. The van der Waals surface area contributed by atoms with Crippen LogP contribution in [0.25, 0.3) is 5.65 Å². The number of aromatic nitrogens is 2. The van der Waals surface area contributed by atoms with Crippen LogP contribution < -0.4 is 5.32 Å². The second-order valence-electron chi connectivity index (χ2n) is 6.14. The van der Waals surface area contributed by atoms with Crippen LogP contribution in [0.2, 0.25) is 0 Å². The molecule has 1 N–H and O–H groups in total. The van der Waals surface area contributed by atoms with Gasteiger partial charge in [-0.05, 0) is 43.9 Å². The molecule has 0 aliphatic rings. The smallest absolute Gasteiger partial charge is 0.241 e. The number of benzene rings is 1. The summed E-state index contributed by atoms with van der Waals surface area (Å²) in [6.45, 7) is 0.487. The largest absolute Gasteiger partial charge is 0.354 e. The van der Waals surface area contributed by atoms with E-state index >= 15 is 0 Å². The van der Waals surface area contributed by atoms with Crippen LogP contribution in [0.3, 0.4) is 0 Å². The number of nitrogens with one attached hydrogen (secondary N) is 1. The molecule has 1 amide bonds. The summed E-state index contributed by atoms with van der Waals surface area (Å²) in [6, 6.07) is 11.4. The molecule has 0 fully saturated rings. The fourth-order valence-corrected chi connectivity index (χ4v) is 2.94. The third-order valence-electron chi connectivity index (χ3n) is 4.10. The number of carbonyl (C=O) groups is 1. The van der Waals surface area contributed by atoms with Gasteiger partial charge < -0.3 is 9.72 Å². The highest BCUT2D eigenvalue weighted by atomic mass is 19.1. The van der Waals surface area contributed by atoms with E-state index in [-0.39, 0.29) is 11.7 Å². The topological polar surface area (TPSA) is 49.6 Å². The van der Waals surface area contributed by atoms with Crippen molar-refractivity contribution in [3.63, 3.8) is 0 Å². The monoisotopic (exact) mass is 340 g/mol. The summed E-state index contributed by atoms with van der Waals surface area (Å²) < 4.78 is 15.5. The summed E-state index contributed by atoms with van der Waals surface area (Å²) in [5.74, 6) is -0.493. The summed E-state index contributed by atoms with van der Waals surface area (Å²) in [5, 5.41) is 2.94. The van der Waals surface area contributed by atoms with Gasteiger partial charge in [-0.2, -0.15) is 0 Å². The number of rotatable bonds is 6. The zero-order valence-electron chi connectivity index (χ0n) is 14.3. The quantitative estimate of drug-likeness (QED) is 0.750. The number of likely N-dealkylation sites (N-methyl/N-ethyl adjacent to an activating group) is 1. The van der Waals surface area contributed by atoms with Crippen LogP contribution in [-0.2, 0) is 11.2 Å². The maximum atomic E-state index is 13.5. The van der Waals surface area contributed by atoms with Gasteiger partial charge in [0.15, 0.2) is 0 Å². The number of fused-ring (bicyclic) bond motifs is 1. The minimum atomic E-state index is -0.530. The lowest BCUT2D eigenvalue weighted by molar-refractivity contribution is -0.125. The average molecular weight is 340 g/mol. The van der Waals surface area contributed by atoms with Crippen molar-refractivity contribution in [2.75, 3.05) is 20.6 Å². The van der Waals surface area contributed by atoms with Crippen molar-refractivity contribution < 1.29 is 9.18 Å². The molecule has 0 aliphatic carbocycles. The van der Waals surface area contributed by atoms with Gasteiger partial charge in [-0.3, -0.25) is 9.69 Å². The molecule has 0 saturated carbocycles. The first-order valence-corrected chi connectivity index (χ1v) is 8.17. The Bertz CT molecular complexity index is 874. The van der Waals surface area contributed by atoms with E-state index < -0.39 is 6.04 Å². The summed E-state index contributed by atoms with van der Waals surface area (Å²) in [7, 11) is 3.61. The summed E-state index contributed by atoms with van der Waals surface area (Å²) in [5.41, 5.74) is 2.55. The van der Waals surface area contributed by atoms with E-state index in [1.165, 1.54) is 12.1 Å². The SMILES string of the molecule is CN(C)[C@@H](C(=O)NCCc1cnc2ccccn12)c1cccc(F)c1. The Morgan fingerprint density at radius 3 is 2.88 bits per heavy atom. The number of hydrogen-bond acceptors (Lipinski definition) is 3. The Kier molecular flexibility index (Phi) is 5.09. The lowest BCUT2D eigenvalue weighted by Gasteiger charge is -2.23. The normalized spacial score (nSPS) is 12.5. The summed E-state index contributed by atoms with van der Waals surface area (Å²) >= 11 is 0. The van der Waals surface area contributed by atoms with Crippen LogP contribution in [0.15, 0.2) is 54.9 Å². The van der Waals surface area contributed by atoms with Crippen LogP contribution in [0.4, 0.5) is 4.39 Å². The van der Waals surface area contributed by atoms with E-state index in [0.717, 1.165) is 11.3 Å². The molecule has 0 radical (unpaired) electrons. The van der Waals surface area contributed by atoms with Gasteiger partial charge >= 0.3 is 0 Å². The number of imidazole rings is 1. The standard InChI is InChI=1S/C19H21FN4O/c1-23(2)18(14-6-5-7-15(20)12-14)19(25)21-10-9-16-13-22-17-8-3-4-11-24(16)17/h3-8,11-13,18H,9-10H2,1-2H3,(H,21,25)/t18-/m1/s1. The van der Waals surface area contributed by atoms with Crippen LogP contribution in [-0.4, -0.2) is 40.8 Å². The van der Waals surface area contributed by atoms with E-state index in [9.17, 15) is 9.18 Å². The number of pyridine rings is 1. The molecule has 0 unspecified atom stereocenters. The van der Waals surface area contributed by atoms with Gasteiger partial charge in [0.05, 0.1) is 0 Å². The molecular weight excluding hydrogens is 319 g/mol. The molecule has 0 saturated heterocycles. The average Bonchev–Trinajstić information content (AvgIpc) is 2.98. The highest BCUT2D eigenvalue weighted by Crippen LogP contribution is 2.19. The summed E-state index contributed by atoms with van der Waals surface area (Å²) in [6.07, 6.45) is 4.44. The van der Waals surface area contributed by atoms with Crippen molar-refractivity contribution >= 4 is 11.6 Å². The molecule has 5 nitrogen and oxygen atoms in total. The predicted octanol–water partition coefficient (Wildman–Crippen LogP) is 2.44. The minimum Gasteiger partial charge on any atom is -0.354 e. The number of halogens is 1. The van der Waals surface area contributed by atoms with Gasteiger partial charge in [0.2, 0.25) is 5.91 Å². The fraction of sp³-hybridized carbons (Fsp3) is 0.263. The van der Waals surface area contributed by atoms with Gasteiger partial charge in [-0.1, -0.05) is 18.2 Å². The zero-order valence-corrected chi connectivity index (χ0v) is 14.3. The lowest BCUT2D eigenvalue weighted by Crippen LogP contribution is -2.38. The first kappa shape index (κ1) is 17.1. The highest BCUT2D eigenvalue weighted by Gasteiger charge is 2.23. The van der Waals surface area contributed by atoms with Gasteiger partial charge in [0, 0.05) is 31.1 Å². The molecule has 0 bridgehead atoms. The number of carbonyl (C=O) groups excluding carboxylic acids is 1. The van der Waals surface area contributed by atoms with Gasteiger partial charge in [0.1, 0.15) is 17.5 Å². The van der Waals surface area contributed by atoms with Crippen LogP contribution in [0, 0.1) is 5.82 Å². The lowest BCUT2D eigenvalue weighted by atomic mass is 10.1. The zero-order chi connectivity index (χ0) is 17.8. The first-order chi connectivity index (χ1) is 12.1. The van der Waals surface area contributed by atoms with Crippen molar-refractivity contribution in [1.82, 2.24) is 19.6 Å². The van der Waals surface area contributed by atoms with Crippen molar-refractivity contribution in [3.8, 4) is 0 Å². The molecule has 1 atom stereocenters. The molecule has 0 aliphatic heterocycles. The number of amides is 1. The van der Waals surface area contributed by atoms with Crippen LogP contribution >= 0.6 is 0 Å². The molecule has 2 heterocycles. The Morgan fingerprint density at radius 2 is 2.12 bits per heavy atom. The molecule has 3 aromatic rings. The van der Waals surface area contributed by atoms with Crippen LogP contribution in [0.5, 0.6) is 0 Å². The van der Waals surface area contributed by atoms with Crippen molar-refractivity contribution in [2.24, 2.45) is 0 Å². The Hall–Kier alpha value is -2.73. The third-order valence-corrected chi connectivity index (χ3v) is 4.10. The Balaban J connectivity index is 1.66. The second-order valence-corrected chi connectivity index (χ2v) is 6.14. The number of nitrogens with zero attached hydrogens (tertiary/aromatic N) is 3. The van der Waals surface area contributed by atoms with Crippen molar-refractivity contribution in [2.45, 2.75) is 12.5 Å². The minimum absolute atomic E-state index is 0.149. The maximum absolute atomic E-state index is 13.5. The Morgan fingerprint density at radius 1 is 1.28 bits per heavy atom. The second kappa shape index (κ2) is 7.44. The fourth-order valence-electron chi connectivity index (χ4n) is 2.94. The van der Waals surface area contributed by atoms with E-state index in [1.807, 2.05) is 35.0 Å². The van der Waals surface area contributed by atoms with E-state index in [0.29, 0.717) is 18.5 Å². The van der Waals surface area contributed by atoms with Crippen molar-refractivity contribution in [1.29, 1.82) is 0 Å². The molecule has 3 rings (SSSR count). The van der Waals surface area contributed by atoms with E-state index in [1.54, 1.807) is 31.1 Å². The third kappa shape index (κ3) is 3.85. The maximum Gasteiger partial charge on any atom is 0.241 e. The first-order valence-electron chi connectivity index (χ1n) is 8.17. The summed E-state index contributed by atoms with van der Waals surface area (Å²) in [4.78, 5) is 18.7. The number of hydrogen-bond donors (Lipinski definition) is 1. The van der Waals surface area contributed by atoms with Crippen LogP contribution in [0.1, 0.15) is 17.3 Å². The van der Waals surface area contributed by atoms with E-state index in [2.05, 4.69) is 10.3 Å². The highest BCUT2D eigenvalue weighted by molar-refractivity contribution is 5.83. The predicted molar refractivity (Wildman–Crippen MR) is 94.7 cm³/mol. The molecule has 6 heteroatoms. The van der Waals surface area contributed by atoms with Gasteiger partial charge in [-0.15, -0.1) is 0 Å².